The van der Waals surface area contributed by atoms with Crippen molar-refractivity contribution >= 4 is 5.69 Å². The zero-order valence-electron chi connectivity index (χ0n) is 11.9. The van der Waals surface area contributed by atoms with Gasteiger partial charge in [0.05, 0.1) is 5.69 Å². The Kier molecular flexibility index (Phi) is 2.19. The van der Waals surface area contributed by atoms with E-state index in [2.05, 4.69) is 11.4 Å². The van der Waals surface area contributed by atoms with Crippen molar-refractivity contribution < 1.29 is 4.39 Å². The van der Waals surface area contributed by atoms with Crippen molar-refractivity contribution in [3.63, 3.8) is 0 Å². The van der Waals surface area contributed by atoms with E-state index in [4.69, 9.17) is 0 Å². The second-order valence-corrected chi connectivity index (χ2v) is 7.92. The van der Waals surface area contributed by atoms with E-state index in [0.717, 1.165) is 30.0 Å². The number of rotatable bonds is 1. The van der Waals surface area contributed by atoms with Gasteiger partial charge in [0.1, 0.15) is 5.82 Å². The Balaban J connectivity index is 1.57. The van der Waals surface area contributed by atoms with Crippen LogP contribution in [0.3, 0.4) is 0 Å². The average molecular weight is 271 g/mol. The summed E-state index contributed by atoms with van der Waals surface area (Å²) in [5, 5.41) is 3.37. The fourth-order valence-corrected chi connectivity index (χ4v) is 6.48. The van der Waals surface area contributed by atoms with Crippen molar-refractivity contribution in [1.29, 1.82) is 0 Å². The lowest BCUT2D eigenvalue weighted by atomic mass is 9.46. The number of fused-ring (bicyclic) bond motifs is 1. The summed E-state index contributed by atoms with van der Waals surface area (Å²) in [5.74, 6) is 3.41. The van der Waals surface area contributed by atoms with Crippen LogP contribution in [-0.2, 0) is 0 Å². The maximum absolute atomic E-state index is 14.0. The number of anilines is 1. The van der Waals surface area contributed by atoms with Gasteiger partial charge in [-0.2, -0.15) is 0 Å². The molecular formula is C18H22FN. The Morgan fingerprint density at radius 3 is 2.30 bits per heavy atom. The monoisotopic (exact) mass is 271 g/mol. The van der Waals surface area contributed by atoms with Gasteiger partial charge in [-0.25, -0.2) is 4.39 Å². The second kappa shape index (κ2) is 3.78. The first-order chi connectivity index (χ1) is 9.73. The molecule has 1 unspecified atom stereocenters. The van der Waals surface area contributed by atoms with Crippen LogP contribution in [0, 0.1) is 29.0 Å². The highest BCUT2D eigenvalue weighted by Gasteiger charge is 2.55. The molecule has 106 valence electrons. The molecule has 1 aromatic rings. The highest BCUT2D eigenvalue weighted by atomic mass is 19.1. The van der Waals surface area contributed by atoms with Crippen LogP contribution in [-0.4, -0.2) is 6.54 Å². The summed E-state index contributed by atoms with van der Waals surface area (Å²) in [5.41, 5.74) is 2.56. The van der Waals surface area contributed by atoms with E-state index in [1.54, 1.807) is 6.07 Å². The number of nitrogens with one attached hydrogen (secondary N) is 1. The highest BCUT2D eigenvalue weighted by molar-refractivity contribution is 5.59. The van der Waals surface area contributed by atoms with E-state index in [9.17, 15) is 4.39 Å². The van der Waals surface area contributed by atoms with Gasteiger partial charge in [0, 0.05) is 12.5 Å². The van der Waals surface area contributed by atoms with Crippen LogP contribution in [0.15, 0.2) is 18.2 Å². The molecule has 0 spiro atoms. The summed E-state index contributed by atoms with van der Waals surface area (Å²) < 4.78 is 14.0. The summed E-state index contributed by atoms with van der Waals surface area (Å²) in [6.45, 7) is 0.961. The molecule has 1 N–H and O–H groups in total. The lowest BCUT2D eigenvalue weighted by molar-refractivity contribution is -0.0653. The smallest absolute Gasteiger partial charge is 0.146 e. The maximum atomic E-state index is 14.0. The van der Waals surface area contributed by atoms with E-state index < -0.39 is 0 Å². The van der Waals surface area contributed by atoms with Gasteiger partial charge in [-0.15, -0.1) is 0 Å². The Hall–Kier alpha value is -1.05. The molecule has 20 heavy (non-hydrogen) atoms. The van der Waals surface area contributed by atoms with Crippen molar-refractivity contribution in [3.05, 3.63) is 29.6 Å². The Labute approximate surface area is 120 Å². The third kappa shape index (κ3) is 1.43. The highest BCUT2D eigenvalue weighted by Crippen LogP contribution is 2.65. The molecule has 0 aromatic heterocycles. The van der Waals surface area contributed by atoms with Crippen molar-refractivity contribution in [2.24, 2.45) is 23.2 Å². The number of hydrogen-bond donors (Lipinski definition) is 1. The van der Waals surface area contributed by atoms with E-state index in [-0.39, 0.29) is 5.82 Å². The number of halogens is 1. The first-order valence-corrected chi connectivity index (χ1v) is 8.26. The summed E-state index contributed by atoms with van der Waals surface area (Å²) in [7, 11) is 0. The third-order valence-corrected chi connectivity index (χ3v) is 6.73. The van der Waals surface area contributed by atoms with Crippen LogP contribution in [0.1, 0.15) is 50.0 Å². The van der Waals surface area contributed by atoms with Crippen LogP contribution in [0.2, 0.25) is 0 Å². The molecule has 1 aliphatic heterocycles. The number of hydrogen-bond acceptors (Lipinski definition) is 1. The minimum absolute atomic E-state index is 0.0604. The fraction of sp³-hybridized carbons (Fsp3) is 0.667. The van der Waals surface area contributed by atoms with Crippen molar-refractivity contribution in [1.82, 2.24) is 0 Å². The molecule has 1 nitrogen and oxygen atoms in total. The predicted octanol–water partition coefficient (Wildman–Crippen LogP) is 4.55. The molecule has 5 aliphatic rings. The van der Waals surface area contributed by atoms with Gasteiger partial charge in [-0.3, -0.25) is 0 Å². The van der Waals surface area contributed by atoms with E-state index >= 15 is 0 Å². The fourth-order valence-electron chi connectivity index (χ4n) is 6.48. The first kappa shape index (κ1) is 11.6. The Bertz CT molecular complexity index is 529. The Morgan fingerprint density at radius 2 is 1.65 bits per heavy atom. The van der Waals surface area contributed by atoms with Crippen LogP contribution in [0.5, 0.6) is 0 Å². The predicted molar refractivity (Wildman–Crippen MR) is 78.2 cm³/mol. The van der Waals surface area contributed by atoms with Gasteiger partial charge in [0.15, 0.2) is 0 Å². The maximum Gasteiger partial charge on any atom is 0.146 e. The second-order valence-electron chi connectivity index (χ2n) is 7.92. The molecule has 1 heterocycles. The largest absolute Gasteiger partial charge is 0.382 e. The quantitative estimate of drug-likeness (QED) is 0.790. The van der Waals surface area contributed by atoms with Gasteiger partial charge in [0.25, 0.3) is 0 Å². The summed E-state index contributed by atoms with van der Waals surface area (Å²) in [4.78, 5) is 0. The minimum Gasteiger partial charge on any atom is -0.382 e. The van der Waals surface area contributed by atoms with E-state index in [1.807, 2.05) is 6.07 Å². The molecule has 1 aromatic carbocycles. The molecule has 2 heteroatoms. The SMILES string of the molecule is Fc1cccc2c1NCC2C12CC3CC(CC(C3)C1)C2. The Morgan fingerprint density at radius 1 is 1.00 bits per heavy atom. The standard InChI is InChI=1S/C18H22FN/c19-16-3-1-2-14-15(10-20-17(14)16)18-7-11-4-12(8-18)6-13(5-11)9-18/h1-3,11-13,15,20H,4-10H2. The molecule has 0 amide bonds. The minimum atomic E-state index is -0.0604. The van der Waals surface area contributed by atoms with Gasteiger partial charge in [-0.1, -0.05) is 12.1 Å². The molecule has 0 radical (unpaired) electrons. The first-order valence-electron chi connectivity index (χ1n) is 8.26. The van der Waals surface area contributed by atoms with Crippen LogP contribution in [0.4, 0.5) is 10.1 Å². The van der Waals surface area contributed by atoms with Gasteiger partial charge in [-0.05, 0) is 73.3 Å². The molecule has 4 aliphatic carbocycles. The zero-order valence-corrected chi connectivity index (χ0v) is 11.9. The van der Waals surface area contributed by atoms with Crippen molar-refractivity contribution in [3.8, 4) is 0 Å². The summed E-state index contributed by atoms with van der Waals surface area (Å²) in [6, 6.07) is 5.66. The lowest BCUT2D eigenvalue weighted by Gasteiger charge is -2.59. The molecule has 4 saturated carbocycles. The molecular weight excluding hydrogens is 249 g/mol. The average Bonchev–Trinajstić information content (AvgIpc) is 2.83. The number of para-hydroxylation sites is 1. The summed E-state index contributed by atoms with van der Waals surface area (Å²) >= 11 is 0. The topological polar surface area (TPSA) is 12.0 Å². The molecule has 0 saturated heterocycles. The third-order valence-electron chi connectivity index (χ3n) is 6.73. The van der Waals surface area contributed by atoms with E-state index in [0.29, 0.717) is 11.3 Å². The van der Waals surface area contributed by atoms with Crippen molar-refractivity contribution in [2.45, 2.75) is 44.4 Å². The van der Waals surface area contributed by atoms with E-state index in [1.165, 1.54) is 44.1 Å². The van der Waals surface area contributed by atoms with Crippen LogP contribution < -0.4 is 5.32 Å². The van der Waals surface area contributed by atoms with Crippen LogP contribution >= 0.6 is 0 Å². The number of benzene rings is 1. The lowest BCUT2D eigenvalue weighted by Crippen LogP contribution is -2.49. The normalized spacial score (nSPS) is 44.5. The molecule has 6 rings (SSSR count). The molecule has 4 fully saturated rings. The van der Waals surface area contributed by atoms with Gasteiger partial charge >= 0.3 is 0 Å². The summed E-state index contributed by atoms with van der Waals surface area (Å²) in [6.07, 6.45) is 8.66. The van der Waals surface area contributed by atoms with Crippen molar-refractivity contribution in [2.75, 3.05) is 11.9 Å². The van der Waals surface area contributed by atoms with Gasteiger partial charge in [0.2, 0.25) is 0 Å². The molecule has 4 bridgehead atoms. The molecule has 1 atom stereocenters. The van der Waals surface area contributed by atoms with Gasteiger partial charge < -0.3 is 5.32 Å². The zero-order chi connectivity index (χ0) is 13.3. The van der Waals surface area contributed by atoms with Crippen LogP contribution in [0.25, 0.3) is 0 Å².